The predicted octanol–water partition coefficient (Wildman–Crippen LogP) is 2.65. The van der Waals surface area contributed by atoms with Crippen LogP contribution in [0.4, 0.5) is 0 Å². The van der Waals surface area contributed by atoms with E-state index in [1.807, 2.05) is 0 Å². The first-order valence-corrected chi connectivity index (χ1v) is 6.81. The Morgan fingerprint density at radius 3 is 2.76 bits per heavy atom. The Morgan fingerprint density at radius 1 is 1.29 bits per heavy atom. The second-order valence-corrected chi connectivity index (χ2v) is 5.29. The molecule has 2 heteroatoms. The van der Waals surface area contributed by atoms with Crippen LogP contribution in [0, 0.1) is 0 Å². The predicted molar refractivity (Wildman–Crippen MR) is 73.1 cm³/mol. The van der Waals surface area contributed by atoms with Crippen LogP contribution in [0.15, 0.2) is 30.3 Å². The summed E-state index contributed by atoms with van der Waals surface area (Å²) in [5, 5.41) is 3.64. The van der Waals surface area contributed by atoms with Crippen LogP contribution >= 0.6 is 0 Å². The molecule has 1 aliphatic carbocycles. The molecule has 94 valence electrons. The summed E-state index contributed by atoms with van der Waals surface area (Å²) in [7, 11) is 0. The van der Waals surface area contributed by atoms with Crippen molar-refractivity contribution >= 4 is 0 Å². The first-order chi connectivity index (χ1) is 8.27. The van der Waals surface area contributed by atoms with Gasteiger partial charge in [0.15, 0.2) is 0 Å². The molecule has 0 heterocycles. The smallest absolute Gasteiger partial charge is 0.0143 e. The lowest BCUT2D eigenvalue weighted by Crippen LogP contribution is -2.20. The molecule has 2 nitrogen and oxygen atoms in total. The molecule has 0 aromatic heterocycles. The van der Waals surface area contributed by atoms with E-state index in [4.69, 9.17) is 5.73 Å². The van der Waals surface area contributed by atoms with Crippen molar-refractivity contribution in [3.8, 4) is 0 Å². The molecule has 1 saturated carbocycles. The maximum Gasteiger partial charge on any atom is 0.0143 e. The van der Waals surface area contributed by atoms with Gasteiger partial charge in [0.1, 0.15) is 0 Å². The van der Waals surface area contributed by atoms with Crippen LogP contribution in [0.5, 0.6) is 0 Å². The van der Waals surface area contributed by atoms with Crippen molar-refractivity contribution in [2.45, 2.75) is 50.6 Å². The average Bonchev–Trinajstić information content (AvgIpc) is 3.09. The molecule has 1 aromatic rings. The molecule has 0 amide bonds. The molecule has 1 aliphatic rings. The summed E-state index contributed by atoms with van der Waals surface area (Å²) in [6.07, 6.45) is 4.94. The molecular weight excluding hydrogens is 208 g/mol. The van der Waals surface area contributed by atoms with Crippen molar-refractivity contribution in [2.75, 3.05) is 6.54 Å². The van der Waals surface area contributed by atoms with Crippen LogP contribution in [0.1, 0.15) is 44.1 Å². The second-order valence-electron chi connectivity index (χ2n) is 5.29. The lowest BCUT2D eigenvalue weighted by Gasteiger charge is -2.06. The van der Waals surface area contributed by atoms with Crippen molar-refractivity contribution in [3.05, 3.63) is 35.9 Å². The van der Waals surface area contributed by atoms with Gasteiger partial charge in [-0.05, 0) is 38.3 Å². The average molecular weight is 232 g/mol. The SMILES string of the molecule is CC(N)CCCCNC1CC1c1ccccc1. The number of unbranched alkanes of at least 4 members (excludes halogenated alkanes) is 1. The van der Waals surface area contributed by atoms with Gasteiger partial charge in [-0.2, -0.15) is 0 Å². The first-order valence-electron chi connectivity index (χ1n) is 6.81. The molecule has 1 aromatic carbocycles. The Bertz CT molecular complexity index is 321. The summed E-state index contributed by atoms with van der Waals surface area (Å²) >= 11 is 0. The van der Waals surface area contributed by atoms with E-state index < -0.39 is 0 Å². The van der Waals surface area contributed by atoms with Gasteiger partial charge in [0.05, 0.1) is 0 Å². The van der Waals surface area contributed by atoms with Gasteiger partial charge < -0.3 is 11.1 Å². The first kappa shape index (κ1) is 12.6. The molecular formula is C15H24N2. The molecule has 0 saturated heterocycles. The van der Waals surface area contributed by atoms with Gasteiger partial charge in [-0.3, -0.25) is 0 Å². The molecule has 3 N–H and O–H groups in total. The number of hydrogen-bond acceptors (Lipinski definition) is 2. The number of nitrogens with one attached hydrogen (secondary N) is 1. The maximum absolute atomic E-state index is 5.72. The number of nitrogens with two attached hydrogens (primary N) is 1. The topological polar surface area (TPSA) is 38.0 Å². The molecule has 3 unspecified atom stereocenters. The Balaban J connectivity index is 1.58. The number of benzene rings is 1. The second kappa shape index (κ2) is 6.18. The van der Waals surface area contributed by atoms with Crippen molar-refractivity contribution in [1.29, 1.82) is 0 Å². The van der Waals surface area contributed by atoms with Crippen molar-refractivity contribution in [2.24, 2.45) is 5.73 Å². The van der Waals surface area contributed by atoms with E-state index in [1.54, 1.807) is 0 Å². The van der Waals surface area contributed by atoms with Crippen molar-refractivity contribution < 1.29 is 0 Å². The van der Waals surface area contributed by atoms with Crippen LogP contribution < -0.4 is 11.1 Å². The Kier molecular flexibility index (Phi) is 4.57. The highest BCUT2D eigenvalue weighted by Crippen LogP contribution is 2.40. The standard InChI is InChI=1S/C15H24N2/c1-12(16)7-5-6-10-17-15-11-14(15)13-8-3-2-4-9-13/h2-4,8-9,12,14-15,17H,5-7,10-11,16H2,1H3. The zero-order valence-electron chi connectivity index (χ0n) is 10.7. The Hall–Kier alpha value is -0.860. The van der Waals surface area contributed by atoms with Gasteiger partial charge in [-0.15, -0.1) is 0 Å². The van der Waals surface area contributed by atoms with Crippen molar-refractivity contribution in [3.63, 3.8) is 0 Å². The third kappa shape index (κ3) is 4.14. The van der Waals surface area contributed by atoms with Gasteiger partial charge in [-0.1, -0.05) is 36.8 Å². The van der Waals surface area contributed by atoms with Crippen molar-refractivity contribution in [1.82, 2.24) is 5.32 Å². The van der Waals surface area contributed by atoms with Gasteiger partial charge in [0, 0.05) is 18.0 Å². The third-order valence-electron chi connectivity index (χ3n) is 3.51. The molecule has 0 spiro atoms. The lowest BCUT2D eigenvalue weighted by atomic mass is 10.1. The highest BCUT2D eigenvalue weighted by atomic mass is 15.0. The van der Waals surface area contributed by atoms with E-state index in [0.29, 0.717) is 12.1 Å². The quantitative estimate of drug-likeness (QED) is 0.709. The largest absolute Gasteiger partial charge is 0.328 e. The van der Waals surface area contributed by atoms with Crippen LogP contribution in [-0.4, -0.2) is 18.6 Å². The fourth-order valence-electron chi connectivity index (χ4n) is 2.37. The van der Waals surface area contributed by atoms with E-state index >= 15 is 0 Å². The van der Waals surface area contributed by atoms with E-state index in [-0.39, 0.29) is 0 Å². The highest BCUT2D eigenvalue weighted by molar-refractivity contribution is 5.27. The maximum atomic E-state index is 5.72. The molecule has 2 rings (SSSR count). The number of hydrogen-bond donors (Lipinski definition) is 2. The van der Waals surface area contributed by atoms with Gasteiger partial charge in [0.2, 0.25) is 0 Å². The minimum absolute atomic E-state index is 0.355. The number of rotatable bonds is 7. The van der Waals surface area contributed by atoms with E-state index in [9.17, 15) is 0 Å². The summed E-state index contributed by atoms with van der Waals surface area (Å²) in [6, 6.07) is 11.9. The van der Waals surface area contributed by atoms with Crippen LogP contribution in [-0.2, 0) is 0 Å². The fourth-order valence-corrected chi connectivity index (χ4v) is 2.37. The third-order valence-corrected chi connectivity index (χ3v) is 3.51. The van der Waals surface area contributed by atoms with E-state index in [0.717, 1.165) is 18.9 Å². The monoisotopic (exact) mass is 232 g/mol. The van der Waals surface area contributed by atoms with E-state index in [2.05, 4.69) is 42.6 Å². The highest BCUT2D eigenvalue weighted by Gasteiger charge is 2.37. The Labute approximate surface area is 105 Å². The van der Waals surface area contributed by atoms with Crippen LogP contribution in [0.2, 0.25) is 0 Å². The summed E-state index contributed by atoms with van der Waals surface area (Å²) in [5.74, 6) is 0.754. The zero-order chi connectivity index (χ0) is 12.1. The summed E-state index contributed by atoms with van der Waals surface area (Å²) in [4.78, 5) is 0. The summed E-state index contributed by atoms with van der Waals surface area (Å²) in [6.45, 7) is 3.22. The van der Waals surface area contributed by atoms with Gasteiger partial charge in [0.25, 0.3) is 0 Å². The summed E-state index contributed by atoms with van der Waals surface area (Å²) in [5.41, 5.74) is 7.21. The van der Waals surface area contributed by atoms with Crippen LogP contribution in [0.3, 0.4) is 0 Å². The Morgan fingerprint density at radius 2 is 2.06 bits per heavy atom. The van der Waals surface area contributed by atoms with Crippen LogP contribution in [0.25, 0.3) is 0 Å². The normalized spacial score (nSPS) is 24.6. The minimum Gasteiger partial charge on any atom is -0.328 e. The lowest BCUT2D eigenvalue weighted by molar-refractivity contribution is 0.559. The zero-order valence-corrected chi connectivity index (χ0v) is 10.7. The molecule has 0 radical (unpaired) electrons. The summed E-state index contributed by atoms with van der Waals surface area (Å²) < 4.78 is 0. The molecule has 1 fully saturated rings. The molecule has 0 aliphatic heterocycles. The fraction of sp³-hybridized carbons (Fsp3) is 0.600. The minimum atomic E-state index is 0.355. The van der Waals surface area contributed by atoms with Gasteiger partial charge >= 0.3 is 0 Å². The molecule has 3 atom stereocenters. The molecule has 0 bridgehead atoms. The van der Waals surface area contributed by atoms with Gasteiger partial charge in [-0.25, -0.2) is 0 Å². The molecule has 17 heavy (non-hydrogen) atoms. The van der Waals surface area contributed by atoms with E-state index in [1.165, 1.54) is 24.8 Å².